The van der Waals surface area contributed by atoms with Crippen molar-refractivity contribution < 1.29 is 22.7 Å². The highest BCUT2D eigenvalue weighted by atomic mass is 19.4. The summed E-state index contributed by atoms with van der Waals surface area (Å²) in [7, 11) is 1.28. The van der Waals surface area contributed by atoms with E-state index in [4.69, 9.17) is 4.74 Å². The fourth-order valence-corrected chi connectivity index (χ4v) is 2.64. The largest absolute Gasteiger partial charge is 0.495 e. The third-order valence-corrected chi connectivity index (χ3v) is 4.37. The Morgan fingerprint density at radius 2 is 2.00 bits per heavy atom. The molecule has 2 aromatic rings. The van der Waals surface area contributed by atoms with Crippen LogP contribution in [0.1, 0.15) is 43.0 Å². The van der Waals surface area contributed by atoms with Crippen molar-refractivity contribution in [3.63, 3.8) is 0 Å². The van der Waals surface area contributed by atoms with Crippen molar-refractivity contribution in [3.8, 4) is 5.75 Å². The molecule has 1 aliphatic rings. The molecule has 0 radical (unpaired) electrons. The Morgan fingerprint density at radius 3 is 2.59 bits per heavy atom. The van der Waals surface area contributed by atoms with Gasteiger partial charge in [0, 0.05) is 12.0 Å². The Labute approximate surface area is 153 Å². The summed E-state index contributed by atoms with van der Waals surface area (Å²) in [5.74, 6) is -0.304. The van der Waals surface area contributed by atoms with E-state index >= 15 is 0 Å². The monoisotopic (exact) mass is 381 g/mol. The lowest BCUT2D eigenvalue weighted by Gasteiger charge is -2.17. The molecule has 9 heteroatoms. The predicted molar refractivity (Wildman–Crippen MR) is 91.8 cm³/mol. The first-order valence-corrected chi connectivity index (χ1v) is 8.36. The number of aromatic nitrogens is 2. The lowest BCUT2D eigenvalue weighted by Crippen LogP contribution is -2.33. The van der Waals surface area contributed by atoms with Crippen LogP contribution >= 0.6 is 0 Å². The molecule has 1 aromatic heterocycles. The molecular weight excluding hydrogens is 363 g/mol. The van der Waals surface area contributed by atoms with Crippen molar-refractivity contribution in [2.75, 3.05) is 12.4 Å². The summed E-state index contributed by atoms with van der Waals surface area (Å²) < 4.78 is 44.9. The SMILES string of the molecule is COc1ccc(C(F)(F)F)cc1NC(=O)C(C)n1nc(C2CC2)ccc1=O. The Hall–Kier alpha value is -2.84. The van der Waals surface area contributed by atoms with Crippen molar-refractivity contribution >= 4 is 11.6 Å². The standard InChI is InChI=1S/C18H18F3N3O3/c1-10(24-16(25)8-6-13(23-24)11-3-4-11)17(26)22-14-9-12(18(19,20)21)5-7-15(14)27-2/h5-11H,3-4H2,1-2H3,(H,22,26). The molecule has 3 rings (SSSR count). The second-order valence-corrected chi connectivity index (χ2v) is 6.39. The first-order valence-electron chi connectivity index (χ1n) is 8.36. The molecule has 1 unspecified atom stereocenters. The molecule has 1 amide bonds. The Morgan fingerprint density at radius 1 is 1.30 bits per heavy atom. The zero-order valence-corrected chi connectivity index (χ0v) is 14.7. The lowest BCUT2D eigenvalue weighted by atomic mass is 10.1. The van der Waals surface area contributed by atoms with Crippen LogP contribution in [0, 0.1) is 0 Å². The fraction of sp³-hybridized carbons (Fsp3) is 0.389. The number of carbonyl (C=O) groups excluding carboxylic acids is 1. The smallest absolute Gasteiger partial charge is 0.416 e. The number of amides is 1. The van der Waals surface area contributed by atoms with Crippen LogP contribution < -0.4 is 15.6 Å². The predicted octanol–water partition coefficient (Wildman–Crippen LogP) is 3.35. The van der Waals surface area contributed by atoms with Crippen molar-refractivity contribution in [2.45, 2.75) is 37.9 Å². The van der Waals surface area contributed by atoms with Gasteiger partial charge in [0.25, 0.3) is 5.56 Å². The second kappa shape index (κ2) is 7.05. The average Bonchev–Trinajstić information content (AvgIpc) is 3.45. The molecule has 1 atom stereocenters. The summed E-state index contributed by atoms with van der Waals surface area (Å²) in [6.07, 6.45) is -2.60. The summed E-state index contributed by atoms with van der Waals surface area (Å²) >= 11 is 0. The Balaban J connectivity index is 1.87. The van der Waals surface area contributed by atoms with Crippen LogP contribution in [0.3, 0.4) is 0 Å². The number of alkyl halides is 3. The number of hydrogen-bond donors (Lipinski definition) is 1. The molecule has 144 valence electrons. The molecule has 27 heavy (non-hydrogen) atoms. The van der Waals surface area contributed by atoms with Gasteiger partial charge in [0.2, 0.25) is 5.91 Å². The first kappa shape index (κ1) is 18.9. The third-order valence-electron chi connectivity index (χ3n) is 4.37. The zero-order valence-electron chi connectivity index (χ0n) is 14.7. The van der Waals surface area contributed by atoms with E-state index in [-0.39, 0.29) is 17.4 Å². The van der Waals surface area contributed by atoms with E-state index in [2.05, 4.69) is 10.4 Å². The van der Waals surface area contributed by atoms with Crippen LogP contribution in [-0.2, 0) is 11.0 Å². The molecule has 1 N–H and O–H groups in total. The lowest BCUT2D eigenvalue weighted by molar-refractivity contribution is -0.137. The topological polar surface area (TPSA) is 73.2 Å². The second-order valence-electron chi connectivity index (χ2n) is 6.39. The maximum Gasteiger partial charge on any atom is 0.416 e. The van der Waals surface area contributed by atoms with Gasteiger partial charge in [0.1, 0.15) is 11.8 Å². The summed E-state index contributed by atoms with van der Waals surface area (Å²) in [5.41, 5.74) is -0.781. The minimum atomic E-state index is -4.56. The number of halogens is 3. The molecule has 6 nitrogen and oxygen atoms in total. The number of ether oxygens (including phenoxy) is 1. The molecule has 1 aromatic carbocycles. The third kappa shape index (κ3) is 4.12. The van der Waals surface area contributed by atoms with Crippen LogP contribution in [0.2, 0.25) is 0 Å². The summed E-state index contributed by atoms with van der Waals surface area (Å²) in [6, 6.07) is 4.76. The molecular formula is C18H18F3N3O3. The molecule has 0 bridgehead atoms. The van der Waals surface area contributed by atoms with Crippen molar-refractivity contribution in [3.05, 3.63) is 51.9 Å². The molecule has 0 spiro atoms. The zero-order chi connectivity index (χ0) is 19.8. The van der Waals surface area contributed by atoms with Gasteiger partial charge in [-0.3, -0.25) is 9.59 Å². The van der Waals surface area contributed by atoms with Gasteiger partial charge in [0.15, 0.2) is 0 Å². The molecule has 0 aliphatic heterocycles. The van der Waals surface area contributed by atoms with Gasteiger partial charge in [-0.15, -0.1) is 0 Å². The van der Waals surface area contributed by atoms with Gasteiger partial charge < -0.3 is 10.1 Å². The van der Waals surface area contributed by atoms with Gasteiger partial charge in [-0.05, 0) is 44.0 Å². The van der Waals surface area contributed by atoms with Crippen LogP contribution in [0.15, 0.2) is 35.1 Å². The summed E-state index contributed by atoms with van der Waals surface area (Å²) in [4.78, 5) is 24.6. The van der Waals surface area contributed by atoms with E-state index < -0.39 is 29.2 Å². The van der Waals surface area contributed by atoms with Crippen LogP contribution in [0.25, 0.3) is 0 Å². The first-order chi connectivity index (χ1) is 12.7. The highest BCUT2D eigenvalue weighted by Gasteiger charge is 2.32. The van der Waals surface area contributed by atoms with E-state index in [1.807, 2.05) is 0 Å². The number of nitrogens with zero attached hydrogens (tertiary/aromatic N) is 2. The van der Waals surface area contributed by atoms with E-state index in [9.17, 15) is 22.8 Å². The molecule has 1 aliphatic carbocycles. The molecule has 1 heterocycles. The van der Waals surface area contributed by atoms with E-state index in [0.29, 0.717) is 0 Å². The number of rotatable bonds is 5. The minimum absolute atomic E-state index is 0.0792. The average molecular weight is 381 g/mol. The quantitative estimate of drug-likeness (QED) is 0.862. The van der Waals surface area contributed by atoms with Crippen molar-refractivity contribution in [1.29, 1.82) is 0 Å². The summed E-state index contributed by atoms with van der Waals surface area (Å²) in [5, 5.41) is 6.63. The maximum atomic E-state index is 12.9. The normalized spacial score (nSPS) is 15.3. The fourth-order valence-electron chi connectivity index (χ4n) is 2.64. The number of benzene rings is 1. The van der Waals surface area contributed by atoms with Crippen LogP contribution in [0.4, 0.5) is 18.9 Å². The molecule has 0 saturated heterocycles. The molecule has 1 fully saturated rings. The number of nitrogens with one attached hydrogen (secondary N) is 1. The van der Waals surface area contributed by atoms with Gasteiger partial charge in [-0.2, -0.15) is 18.3 Å². The van der Waals surface area contributed by atoms with Crippen LogP contribution in [0.5, 0.6) is 5.75 Å². The van der Waals surface area contributed by atoms with Gasteiger partial charge in [-0.1, -0.05) is 0 Å². The summed E-state index contributed by atoms with van der Waals surface area (Å²) in [6.45, 7) is 1.46. The van der Waals surface area contributed by atoms with E-state index in [1.54, 1.807) is 6.07 Å². The van der Waals surface area contributed by atoms with Crippen LogP contribution in [-0.4, -0.2) is 22.8 Å². The van der Waals surface area contributed by atoms with Crippen molar-refractivity contribution in [1.82, 2.24) is 9.78 Å². The number of methoxy groups -OCH3 is 1. The number of hydrogen-bond acceptors (Lipinski definition) is 4. The number of carbonyl (C=O) groups is 1. The Bertz CT molecular complexity index is 920. The van der Waals surface area contributed by atoms with E-state index in [1.165, 1.54) is 20.1 Å². The highest BCUT2D eigenvalue weighted by Crippen LogP contribution is 2.38. The van der Waals surface area contributed by atoms with Crippen molar-refractivity contribution in [2.24, 2.45) is 0 Å². The maximum absolute atomic E-state index is 12.9. The minimum Gasteiger partial charge on any atom is -0.495 e. The number of anilines is 1. The van der Waals surface area contributed by atoms with Gasteiger partial charge in [-0.25, -0.2) is 4.68 Å². The van der Waals surface area contributed by atoms with Gasteiger partial charge >= 0.3 is 6.18 Å². The highest BCUT2D eigenvalue weighted by molar-refractivity contribution is 5.94. The molecule has 1 saturated carbocycles. The Kier molecular flexibility index (Phi) is 4.95. The van der Waals surface area contributed by atoms with Gasteiger partial charge in [0.05, 0.1) is 24.1 Å². The van der Waals surface area contributed by atoms with E-state index in [0.717, 1.165) is 41.4 Å².